The van der Waals surface area contributed by atoms with Crippen LogP contribution in [-0.2, 0) is 0 Å². The molecule has 0 N–H and O–H groups in total. The second-order valence-corrected chi connectivity index (χ2v) is 3.64. The first-order valence-electron chi connectivity index (χ1n) is 4.11. The summed E-state index contributed by atoms with van der Waals surface area (Å²) in [5.41, 5.74) is 1.30. The highest BCUT2D eigenvalue weighted by atomic mass is 35.5. The van der Waals surface area contributed by atoms with Gasteiger partial charge in [0, 0.05) is 5.56 Å². The molecule has 0 amide bonds. The summed E-state index contributed by atoms with van der Waals surface area (Å²) in [5, 5.41) is 8.00. The molecule has 0 unspecified atom stereocenters. The summed E-state index contributed by atoms with van der Waals surface area (Å²) in [6, 6.07) is 7.48. The molecule has 1 aromatic carbocycles. The quantitative estimate of drug-likeness (QED) is 0.764. The van der Waals surface area contributed by atoms with Crippen LogP contribution in [0.25, 0.3) is 11.3 Å². The number of benzene rings is 1. The van der Waals surface area contributed by atoms with Crippen LogP contribution in [0, 0.1) is 5.82 Å². The van der Waals surface area contributed by atoms with Crippen molar-refractivity contribution in [3.63, 3.8) is 0 Å². The first kappa shape index (κ1) is 10.3. The van der Waals surface area contributed by atoms with Gasteiger partial charge in [-0.25, -0.2) is 4.39 Å². The minimum Gasteiger partial charge on any atom is -0.207 e. The summed E-state index contributed by atoms with van der Waals surface area (Å²) in [7, 11) is 0. The molecule has 2 nitrogen and oxygen atoms in total. The van der Waals surface area contributed by atoms with Gasteiger partial charge < -0.3 is 0 Å². The Kier molecular flexibility index (Phi) is 2.84. The van der Waals surface area contributed by atoms with Gasteiger partial charge in [0.1, 0.15) is 5.82 Å². The monoisotopic (exact) mass is 242 g/mol. The van der Waals surface area contributed by atoms with Crippen LogP contribution < -0.4 is 0 Å². The number of hydrogen-bond acceptors (Lipinski definition) is 2. The summed E-state index contributed by atoms with van der Waals surface area (Å²) in [4.78, 5) is 0. The third kappa shape index (κ3) is 2.25. The lowest BCUT2D eigenvalue weighted by molar-refractivity contribution is 0.628. The molecule has 0 spiro atoms. The van der Waals surface area contributed by atoms with Crippen molar-refractivity contribution in [1.82, 2.24) is 10.2 Å². The summed E-state index contributed by atoms with van der Waals surface area (Å²) < 4.78 is 12.7. The molecule has 15 heavy (non-hydrogen) atoms. The van der Waals surface area contributed by atoms with Crippen LogP contribution in [-0.4, -0.2) is 10.2 Å². The van der Waals surface area contributed by atoms with E-state index in [9.17, 15) is 4.39 Å². The summed E-state index contributed by atoms with van der Waals surface area (Å²) in [5.74, 6) is -0.299. The fraction of sp³-hybridized carbons (Fsp3) is 0. The third-order valence-electron chi connectivity index (χ3n) is 1.85. The second-order valence-electron chi connectivity index (χ2n) is 2.88. The standard InChI is InChI=1S/C10H5Cl2FN2/c11-8-5-9(14-15-10(8)12)6-1-3-7(13)4-2-6/h1-5H. The van der Waals surface area contributed by atoms with Crippen molar-refractivity contribution < 1.29 is 4.39 Å². The maximum atomic E-state index is 12.7. The highest BCUT2D eigenvalue weighted by Crippen LogP contribution is 2.24. The minimum atomic E-state index is -0.299. The topological polar surface area (TPSA) is 25.8 Å². The Labute approximate surface area is 95.7 Å². The van der Waals surface area contributed by atoms with E-state index in [1.54, 1.807) is 18.2 Å². The lowest BCUT2D eigenvalue weighted by Gasteiger charge is -2.00. The van der Waals surface area contributed by atoms with Gasteiger partial charge in [0.25, 0.3) is 0 Å². The van der Waals surface area contributed by atoms with Crippen molar-refractivity contribution in [1.29, 1.82) is 0 Å². The predicted molar refractivity (Wildman–Crippen MR) is 57.4 cm³/mol. The Morgan fingerprint density at radius 2 is 1.67 bits per heavy atom. The number of nitrogens with zero attached hydrogens (tertiary/aromatic N) is 2. The molecule has 0 fully saturated rings. The predicted octanol–water partition coefficient (Wildman–Crippen LogP) is 3.59. The lowest BCUT2D eigenvalue weighted by atomic mass is 10.1. The van der Waals surface area contributed by atoms with E-state index in [2.05, 4.69) is 10.2 Å². The van der Waals surface area contributed by atoms with Crippen LogP contribution in [0.15, 0.2) is 30.3 Å². The van der Waals surface area contributed by atoms with Crippen LogP contribution in [0.3, 0.4) is 0 Å². The van der Waals surface area contributed by atoms with Crippen LogP contribution >= 0.6 is 23.2 Å². The SMILES string of the molecule is Fc1ccc(-c2cc(Cl)c(Cl)nn2)cc1. The summed E-state index contributed by atoms with van der Waals surface area (Å²) in [6.07, 6.45) is 0. The molecule has 2 aromatic rings. The molecule has 1 aromatic heterocycles. The molecule has 0 saturated carbocycles. The number of halogens is 3. The summed E-state index contributed by atoms with van der Waals surface area (Å²) in [6.45, 7) is 0. The third-order valence-corrected chi connectivity index (χ3v) is 2.51. The van der Waals surface area contributed by atoms with Crippen molar-refractivity contribution in [2.24, 2.45) is 0 Å². The van der Waals surface area contributed by atoms with E-state index in [-0.39, 0.29) is 11.0 Å². The van der Waals surface area contributed by atoms with E-state index in [0.29, 0.717) is 10.7 Å². The van der Waals surface area contributed by atoms with Crippen molar-refractivity contribution in [2.75, 3.05) is 0 Å². The zero-order valence-electron chi connectivity index (χ0n) is 7.42. The Bertz CT molecular complexity index is 485. The van der Waals surface area contributed by atoms with E-state index in [0.717, 1.165) is 5.56 Å². The van der Waals surface area contributed by atoms with Crippen molar-refractivity contribution >= 4 is 23.2 Å². The first-order chi connectivity index (χ1) is 7.16. The molecular formula is C10H5Cl2FN2. The van der Waals surface area contributed by atoms with Crippen molar-refractivity contribution in [3.8, 4) is 11.3 Å². The van der Waals surface area contributed by atoms with Gasteiger partial charge in [-0.15, -0.1) is 10.2 Å². The molecule has 0 saturated heterocycles. The second kappa shape index (κ2) is 4.13. The average molecular weight is 243 g/mol. The molecule has 0 aliphatic carbocycles. The Morgan fingerprint density at radius 1 is 1.00 bits per heavy atom. The van der Waals surface area contributed by atoms with Crippen molar-refractivity contribution in [2.45, 2.75) is 0 Å². The smallest absolute Gasteiger partial charge is 0.170 e. The van der Waals surface area contributed by atoms with Crippen LogP contribution in [0.5, 0.6) is 0 Å². The molecule has 0 atom stereocenters. The molecule has 0 aliphatic rings. The maximum Gasteiger partial charge on any atom is 0.170 e. The molecule has 0 radical (unpaired) electrons. The van der Waals surface area contributed by atoms with Gasteiger partial charge >= 0.3 is 0 Å². The van der Waals surface area contributed by atoms with E-state index in [1.807, 2.05) is 0 Å². The van der Waals surface area contributed by atoms with Gasteiger partial charge in [0.15, 0.2) is 5.15 Å². The zero-order chi connectivity index (χ0) is 10.8. The fourth-order valence-corrected chi connectivity index (χ4v) is 1.35. The van der Waals surface area contributed by atoms with Crippen molar-refractivity contribution in [3.05, 3.63) is 46.3 Å². The van der Waals surface area contributed by atoms with Crippen LogP contribution in [0.2, 0.25) is 10.2 Å². The van der Waals surface area contributed by atoms with Gasteiger partial charge in [-0.2, -0.15) is 0 Å². The van der Waals surface area contributed by atoms with E-state index < -0.39 is 0 Å². The van der Waals surface area contributed by atoms with Gasteiger partial charge in [-0.3, -0.25) is 0 Å². The lowest BCUT2D eigenvalue weighted by Crippen LogP contribution is -1.88. The van der Waals surface area contributed by atoms with Gasteiger partial charge in [-0.05, 0) is 30.3 Å². The highest BCUT2D eigenvalue weighted by Gasteiger charge is 2.04. The number of rotatable bonds is 1. The van der Waals surface area contributed by atoms with Gasteiger partial charge in [0.05, 0.1) is 10.7 Å². The average Bonchev–Trinajstić information content (AvgIpc) is 2.23. The van der Waals surface area contributed by atoms with E-state index in [1.165, 1.54) is 12.1 Å². The molecule has 0 aliphatic heterocycles. The largest absolute Gasteiger partial charge is 0.207 e. The highest BCUT2D eigenvalue weighted by molar-refractivity contribution is 6.41. The molecule has 76 valence electrons. The van der Waals surface area contributed by atoms with Gasteiger partial charge in [0.2, 0.25) is 0 Å². The first-order valence-corrected chi connectivity index (χ1v) is 4.87. The van der Waals surface area contributed by atoms with E-state index in [4.69, 9.17) is 23.2 Å². The number of aromatic nitrogens is 2. The normalized spacial score (nSPS) is 10.3. The van der Waals surface area contributed by atoms with E-state index >= 15 is 0 Å². The molecule has 5 heteroatoms. The molecular weight excluding hydrogens is 238 g/mol. The Hall–Kier alpha value is -1.19. The molecule has 2 rings (SSSR count). The van der Waals surface area contributed by atoms with Crippen LogP contribution in [0.4, 0.5) is 4.39 Å². The maximum absolute atomic E-state index is 12.7. The number of hydrogen-bond donors (Lipinski definition) is 0. The molecule has 0 bridgehead atoms. The van der Waals surface area contributed by atoms with Gasteiger partial charge in [-0.1, -0.05) is 23.2 Å². The minimum absolute atomic E-state index is 0.155. The Balaban J connectivity index is 2.45. The van der Waals surface area contributed by atoms with Crippen LogP contribution in [0.1, 0.15) is 0 Å². The zero-order valence-corrected chi connectivity index (χ0v) is 8.93. The summed E-state index contributed by atoms with van der Waals surface area (Å²) >= 11 is 11.4. The molecule has 1 heterocycles. The Morgan fingerprint density at radius 3 is 2.27 bits per heavy atom. The fourth-order valence-electron chi connectivity index (χ4n) is 1.12.